The molecule has 0 aromatic heterocycles. The molecule has 774 valence electrons. The molecule has 0 fully saturated rings. The average Bonchev–Trinajstić information content (AvgIpc) is 0.726. The molecule has 0 radical (unpaired) electrons. The van der Waals surface area contributed by atoms with Crippen LogP contribution < -0.4 is 26.1 Å². The van der Waals surface area contributed by atoms with Gasteiger partial charge in [-0.05, 0) is 310 Å². The molecular formula is C133H155N3O8Si6. The number of rotatable bonds is 30. The third-order valence-electron chi connectivity index (χ3n) is 33.0. The van der Waals surface area contributed by atoms with Crippen LogP contribution in [0.15, 0.2) is 266 Å². The number of benzene rings is 15. The average molecular weight is 2090 g/mol. The SMILES string of the molecule is CCN=C(NCCCN(C)C)OC(=O)c1cc(C(=O)OCc2ccc([Si](C#Cc3c4cc5ccccc5cc4c(C#C[Si](c4ccc(CO[Si](C)(C)C(C)(C)C)cc4)(C(C)C)C(C)C)c4cc5ccccc5cc34)(C(C)C)C(C)C)cc2)cc(C(=O)OCc2ccc([Si](C#Cc3c4cc5ccccc5cc4c(C#C[Si](c4ccc(CO[Si](C)(C)C(C)(C)C)cc4)(C(C)C)C(C)C)c4cc5ccccc5cc34)(C(C)C)C(C)C)cc2)c1. The molecule has 150 heavy (non-hydrogen) atoms. The molecule has 17 heteroatoms. The zero-order valence-electron chi connectivity index (χ0n) is 94.3. The van der Waals surface area contributed by atoms with Gasteiger partial charge in [-0.25, -0.2) is 19.4 Å². The van der Waals surface area contributed by atoms with Crippen LogP contribution in [0.2, 0.25) is 80.6 Å². The second-order valence-electron chi connectivity index (χ2n) is 47.3. The lowest BCUT2D eigenvalue weighted by Crippen LogP contribution is -2.52. The number of nitrogens with zero attached hydrogens (tertiary/aromatic N) is 2. The maximum absolute atomic E-state index is 14.9. The highest BCUT2D eigenvalue weighted by molar-refractivity contribution is 7.02. The predicted octanol–water partition coefficient (Wildman–Crippen LogP) is 31.0. The topological polar surface area (TPSA) is 125 Å². The molecule has 11 nitrogen and oxygen atoms in total. The van der Waals surface area contributed by atoms with Crippen LogP contribution in [0.1, 0.15) is 241 Å². The van der Waals surface area contributed by atoms with Crippen LogP contribution in [0.5, 0.6) is 0 Å². The lowest BCUT2D eigenvalue weighted by atomic mass is 9.89. The summed E-state index contributed by atoms with van der Waals surface area (Å²) >= 11 is 0. The molecule has 15 aromatic carbocycles. The van der Waals surface area contributed by atoms with Crippen LogP contribution >= 0.6 is 0 Å². The van der Waals surface area contributed by atoms with Gasteiger partial charge in [0.05, 0.1) is 29.9 Å². The van der Waals surface area contributed by atoms with Crippen molar-refractivity contribution < 1.29 is 37.4 Å². The maximum Gasteiger partial charge on any atom is 0.345 e. The van der Waals surface area contributed by atoms with Gasteiger partial charge in [-0.2, -0.15) is 0 Å². The molecule has 0 atom stereocenters. The standard InChI is InChI=1S/C133H155N3O8Si6/c1-30-134-131(135-68-39-69-136(24)25)144-130(139)111-75-109(128(137)140-85-97-48-56-112(57-49-97)147(89(2)3,90(4)5)70-64-116-120-77-101-40-31-35-44-105(101)81-124(120)118(125-82-106-45-36-32-41-102(106)78-121(116)125)66-72-149(93(10)11,94(12)13)114-60-52-99(53-61-114)87-142-145(26,27)132(18,19)20)74-110(76-111)129(138)141-86-98-50-58-113(59-51-98)148(91(6)7,92(8)9)71-65-117-122-79-103-42-33-37-46-107(103)83-126(122)119(127-84-108-47-38-34-43-104(108)80-123(117)127)67-73-150(95(14)15,96(16)17)115-62-54-100(55-63-115)88-143-146(28,29)133(21,22)23/h31-38,40-63,74-84,89-96H,30,39,68-69,85-88H2,1-29H3,(H,134,135). The number of nitrogens with one attached hydrogen (secondary N) is 1. The molecule has 0 aliphatic carbocycles. The van der Waals surface area contributed by atoms with E-state index in [2.05, 4.69) is 458 Å². The molecule has 0 heterocycles. The smallest absolute Gasteiger partial charge is 0.345 e. The number of fused-ring (bicyclic) bond motifs is 8. The summed E-state index contributed by atoms with van der Waals surface area (Å²) in [5, 5.41) is 26.2. The van der Waals surface area contributed by atoms with E-state index in [0.717, 1.165) is 133 Å². The van der Waals surface area contributed by atoms with Gasteiger partial charge in [0.15, 0.2) is 48.9 Å². The molecule has 0 saturated carbocycles. The largest absolute Gasteiger partial charge is 0.457 e. The van der Waals surface area contributed by atoms with Crippen LogP contribution in [-0.2, 0) is 49.5 Å². The Hall–Kier alpha value is -12.3. The van der Waals surface area contributed by atoms with Gasteiger partial charge >= 0.3 is 17.9 Å². The highest BCUT2D eigenvalue weighted by atomic mass is 28.4. The van der Waals surface area contributed by atoms with E-state index in [0.29, 0.717) is 48.5 Å². The van der Waals surface area contributed by atoms with E-state index in [1.165, 1.54) is 50.1 Å². The van der Waals surface area contributed by atoms with Crippen LogP contribution in [0.25, 0.3) is 86.2 Å². The van der Waals surface area contributed by atoms with Gasteiger partial charge in [0, 0.05) is 35.3 Å². The van der Waals surface area contributed by atoms with Crippen molar-refractivity contribution in [2.24, 2.45) is 4.99 Å². The molecule has 0 spiro atoms. The summed E-state index contributed by atoms with van der Waals surface area (Å²) in [5.74, 6) is 14.0. The summed E-state index contributed by atoms with van der Waals surface area (Å²) in [6.07, 6.45) is 0.752. The molecule has 0 bridgehead atoms. The van der Waals surface area contributed by atoms with E-state index >= 15 is 0 Å². The summed E-state index contributed by atoms with van der Waals surface area (Å²) in [7, 11) is -10.9. The molecule has 0 aliphatic heterocycles. The van der Waals surface area contributed by atoms with Crippen LogP contribution in [-0.4, -0.2) is 111 Å². The fourth-order valence-corrected chi connectivity index (χ4v) is 41.8. The zero-order chi connectivity index (χ0) is 108. The minimum Gasteiger partial charge on any atom is -0.457 e. The van der Waals surface area contributed by atoms with Gasteiger partial charge in [-0.1, -0.05) is 370 Å². The van der Waals surface area contributed by atoms with Gasteiger partial charge in [0.1, 0.15) is 13.2 Å². The monoisotopic (exact) mass is 2090 g/mol. The molecule has 0 amide bonds. The maximum atomic E-state index is 14.9. The number of aliphatic imine (C=N–C) groups is 1. The Morgan fingerprint density at radius 2 is 0.540 bits per heavy atom. The summed E-state index contributed by atoms with van der Waals surface area (Å²) in [6.45, 7) is 65.0. The molecule has 0 aliphatic rings. The van der Waals surface area contributed by atoms with Crippen molar-refractivity contribution in [1.29, 1.82) is 0 Å². The minimum atomic E-state index is -2.84. The van der Waals surface area contributed by atoms with Crippen molar-refractivity contribution in [2.45, 2.75) is 273 Å². The zero-order valence-corrected chi connectivity index (χ0v) is 100. The van der Waals surface area contributed by atoms with E-state index in [-0.39, 0.29) is 68.2 Å². The van der Waals surface area contributed by atoms with E-state index in [9.17, 15) is 14.4 Å². The Kier molecular flexibility index (Phi) is 34.3. The Balaban J connectivity index is 0.735. The van der Waals surface area contributed by atoms with Crippen molar-refractivity contribution >= 4 is 180 Å². The summed E-state index contributed by atoms with van der Waals surface area (Å²) in [6, 6.07) is 93.1. The molecule has 15 rings (SSSR count). The quantitative estimate of drug-likeness (QED) is 0.00680. The second-order valence-corrected chi connectivity index (χ2v) is 76.4. The Bertz CT molecular complexity index is 7230. The van der Waals surface area contributed by atoms with Gasteiger partial charge < -0.3 is 33.3 Å². The van der Waals surface area contributed by atoms with E-state index in [4.69, 9.17) is 23.1 Å². The molecule has 15 aromatic rings. The minimum absolute atomic E-state index is 0.0297. The first-order valence-corrected chi connectivity index (χ1v) is 68.6. The normalized spacial score (nSPS) is 12.7. The van der Waals surface area contributed by atoms with Crippen LogP contribution in [0.4, 0.5) is 0 Å². The number of hydrogen-bond acceptors (Lipinski definition) is 10. The Morgan fingerprint density at radius 1 is 0.320 bits per heavy atom. The summed E-state index contributed by atoms with van der Waals surface area (Å²) < 4.78 is 31.9. The van der Waals surface area contributed by atoms with Crippen molar-refractivity contribution in [3.8, 4) is 45.9 Å². The van der Waals surface area contributed by atoms with Crippen molar-refractivity contribution in [1.82, 2.24) is 10.2 Å². The first-order valence-electron chi connectivity index (χ1n) is 54.2. The summed E-state index contributed by atoms with van der Waals surface area (Å²) in [5.41, 5.74) is 26.6. The fraction of sp³-hybridized carbons (Fsp3) is 0.353. The lowest BCUT2D eigenvalue weighted by Gasteiger charge is -2.36. The highest BCUT2D eigenvalue weighted by Gasteiger charge is 2.47. The van der Waals surface area contributed by atoms with Gasteiger partial charge in [0.25, 0.3) is 6.02 Å². The van der Waals surface area contributed by atoms with Crippen molar-refractivity contribution in [2.75, 3.05) is 33.7 Å². The molecule has 0 saturated heterocycles. The van der Waals surface area contributed by atoms with Gasteiger partial charge in [0.2, 0.25) is 0 Å². The molecule has 1 N–H and O–H groups in total. The number of esters is 3. The number of amidine groups is 1. The number of ether oxygens (including phenoxy) is 3. The highest BCUT2D eigenvalue weighted by Crippen LogP contribution is 2.46. The van der Waals surface area contributed by atoms with Crippen LogP contribution in [0.3, 0.4) is 0 Å². The third kappa shape index (κ3) is 23.2. The second kappa shape index (κ2) is 46.1. The Labute approximate surface area is 900 Å². The van der Waals surface area contributed by atoms with Crippen molar-refractivity contribution in [3.05, 3.63) is 322 Å². The molecular weight excluding hydrogens is 1940 g/mol. The fourth-order valence-electron chi connectivity index (χ4n) is 22.1. The third-order valence-corrected chi connectivity index (χ3v) is 63.9. The number of carbonyl (C=O) groups excluding carboxylic acids is 3. The Morgan fingerprint density at radius 3 is 0.747 bits per heavy atom. The predicted molar refractivity (Wildman–Crippen MR) is 652 cm³/mol. The lowest BCUT2D eigenvalue weighted by molar-refractivity contribution is 0.0470. The van der Waals surface area contributed by atoms with E-state index < -0.39 is 66.8 Å². The van der Waals surface area contributed by atoms with E-state index in [1.54, 1.807) is 0 Å². The number of hydrogen-bond donors (Lipinski definition) is 1. The van der Waals surface area contributed by atoms with Crippen molar-refractivity contribution in [3.63, 3.8) is 0 Å². The first-order chi connectivity index (χ1) is 71.2. The van der Waals surface area contributed by atoms with E-state index in [1.807, 2.05) is 45.3 Å². The first kappa shape index (κ1) is 112. The van der Waals surface area contributed by atoms with Crippen LogP contribution in [0, 0.1) is 45.9 Å². The van der Waals surface area contributed by atoms with Gasteiger partial charge in [-0.3, -0.25) is 0 Å². The summed E-state index contributed by atoms with van der Waals surface area (Å²) in [4.78, 5) is 50.9. The number of carbonyl (C=O) groups is 3. The molecule has 0 unspecified atom stereocenters. The van der Waals surface area contributed by atoms with Gasteiger partial charge in [-0.15, -0.1) is 22.2 Å².